The Bertz CT molecular complexity index is 511. The summed E-state index contributed by atoms with van der Waals surface area (Å²) in [5.41, 5.74) is 1.04. The third kappa shape index (κ3) is 17.0. The van der Waals surface area contributed by atoms with Gasteiger partial charge in [0.15, 0.2) is 0 Å². The van der Waals surface area contributed by atoms with Crippen molar-refractivity contribution in [3.8, 4) is 0 Å². The summed E-state index contributed by atoms with van der Waals surface area (Å²) in [6.07, 6.45) is 23.2. The zero-order chi connectivity index (χ0) is 22.4. The normalized spacial score (nSPS) is 12.1. The van der Waals surface area contributed by atoms with E-state index in [1.165, 1.54) is 103 Å². The second-order valence-electron chi connectivity index (χ2n) is 9.36. The molecule has 0 spiro atoms. The molecule has 2 heteroatoms. The molecule has 1 rings (SSSR count). The van der Waals surface area contributed by atoms with Gasteiger partial charge in [-0.2, -0.15) is 0 Å². The monoisotopic (exact) mass is 430 g/mol. The van der Waals surface area contributed by atoms with Crippen molar-refractivity contribution in [1.82, 2.24) is 0 Å². The molecule has 0 bridgehead atoms. The van der Waals surface area contributed by atoms with Crippen molar-refractivity contribution >= 4 is 5.97 Å². The van der Waals surface area contributed by atoms with Crippen LogP contribution in [0.1, 0.15) is 129 Å². The van der Waals surface area contributed by atoms with Gasteiger partial charge in [-0.1, -0.05) is 147 Å². The fourth-order valence-corrected chi connectivity index (χ4v) is 4.37. The van der Waals surface area contributed by atoms with Gasteiger partial charge in [0.25, 0.3) is 0 Å². The number of rotatable bonds is 21. The van der Waals surface area contributed by atoms with Crippen LogP contribution in [0.2, 0.25) is 0 Å². The second-order valence-corrected chi connectivity index (χ2v) is 9.36. The van der Waals surface area contributed by atoms with Gasteiger partial charge < -0.3 is 4.74 Å². The van der Waals surface area contributed by atoms with Crippen molar-refractivity contribution < 1.29 is 9.53 Å². The Hall–Kier alpha value is -1.31. The molecule has 1 unspecified atom stereocenters. The molecule has 0 heterocycles. The Balaban J connectivity index is 2.22. The first-order valence-corrected chi connectivity index (χ1v) is 13.5. The molecule has 1 aromatic carbocycles. The molecule has 0 aromatic heterocycles. The van der Waals surface area contributed by atoms with Crippen molar-refractivity contribution in [1.29, 1.82) is 0 Å². The zero-order valence-corrected chi connectivity index (χ0v) is 20.7. The smallest absolute Gasteiger partial charge is 0.310 e. The summed E-state index contributed by atoms with van der Waals surface area (Å²) in [7, 11) is 0. The van der Waals surface area contributed by atoms with Crippen LogP contribution in [-0.4, -0.2) is 12.6 Å². The number of unbranched alkanes of at least 4 members (excludes halogenated alkanes) is 12. The minimum atomic E-state index is -0.0865. The van der Waals surface area contributed by atoms with E-state index in [4.69, 9.17) is 4.74 Å². The van der Waals surface area contributed by atoms with Crippen LogP contribution in [0.5, 0.6) is 0 Å². The predicted octanol–water partition coefficient (Wildman–Crippen LogP) is 9.06. The summed E-state index contributed by atoms with van der Waals surface area (Å²) in [6.45, 7) is 5.14. The summed E-state index contributed by atoms with van der Waals surface area (Å²) < 4.78 is 5.58. The maximum absolute atomic E-state index is 12.1. The molecule has 0 saturated carbocycles. The van der Waals surface area contributed by atoms with Gasteiger partial charge >= 0.3 is 5.97 Å². The molecule has 1 aromatic rings. The molecule has 0 radical (unpaired) electrons. The van der Waals surface area contributed by atoms with E-state index < -0.39 is 0 Å². The van der Waals surface area contributed by atoms with Crippen molar-refractivity contribution in [2.75, 3.05) is 6.61 Å². The molecule has 1 atom stereocenters. The highest BCUT2D eigenvalue weighted by Gasteiger charge is 2.11. The van der Waals surface area contributed by atoms with Gasteiger partial charge in [-0.3, -0.25) is 4.79 Å². The van der Waals surface area contributed by atoms with Crippen LogP contribution >= 0.6 is 0 Å². The topological polar surface area (TPSA) is 26.3 Å². The predicted molar refractivity (Wildman–Crippen MR) is 134 cm³/mol. The number of hydrogen-bond acceptors (Lipinski definition) is 2. The number of carbonyl (C=O) groups is 1. The third-order valence-electron chi connectivity index (χ3n) is 6.41. The summed E-state index contributed by atoms with van der Waals surface area (Å²) in [5, 5.41) is 0. The Morgan fingerprint density at radius 1 is 0.677 bits per heavy atom. The van der Waals surface area contributed by atoms with Crippen LogP contribution in [-0.2, 0) is 16.0 Å². The molecule has 2 nitrogen and oxygen atoms in total. The van der Waals surface area contributed by atoms with Crippen LogP contribution in [0.15, 0.2) is 30.3 Å². The summed E-state index contributed by atoms with van der Waals surface area (Å²) in [5.74, 6) is 0.632. The molecule has 0 saturated heterocycles. The Morgan fingerprint density at radius 2 is 1.16 bits per heavy atom. The molecule has 0 aliphatic carbocycles. The van der Waals surface area contributed by atoms with Crippen LogP contribution < -0.4 is 0 Å². The standard InChI is InChI=1S/C29H50O2/c1-3-5-7-9-11-12-14-17-21-27(20-16-13-10-8-6-4-2)24-25-31-29(30)26-28-22-18-15-19-23-28/h15,18-19,22-23,27H,3-14,16-17,20-21,24-26H2,1-2H3. The lowest BCUT2D eigenvalue weighted by Crippen LogP contribution is -2.12. The van der Waals surface area contributed by atoms with Crippen molar-refractivity contribution in [3.63, 3.8) is 0 Å². The first kappa shape index (κ1) is 27.7. The Morgan fingerprint density at radius 3 is 1.68 bits per heavy atom. The minimum absolute atomic E-state index is 0.0865. The van der Waals surface area contributed by atoms with Gasteiger partial charge in [0.05, 0.1) is 13.0 Å². The molecule has 0 amide bonds. The molecular formula is C29H50O2. The van der Waals surface area contributed by atoms with Crippen molar-refractivity contribution in [3.05, 3.63) is 35.9 Å². The van der Waals surface area contributed by atoms with Gasteiger partial charge in [0, 0.05) is 0 Å². The van der Waals surface area contributed by atoms with E-state index in [1.54, 1.807) is 0 Å². The van der Waals surface area contributed by atoms with Crippen molar-refractivity contribution in [2.24, 2.45) is 5.92 Å². The van der Waals surface area contributed by atoms with E-state index >= 15 is 0 Å². The number of hydrogen-bond donors (Lipinski definition) is 0. The third-order valence-corrected chi connectivity index (χ3v) is 6.41. The van der Waals surface area contributed by atoms with Crippen LogP contribution in [0.4, 0.5) is 0 Å². The fourth-order valence-electron chi connectivity index (χ4n) is 4.37. The maximum Gasteiger partial charge on any atom is 0.310 e. The lowest BCUT2D eigenvalue weighted by Gasteiger charge is -2.17. The SMILES string of the molecule is CCCCCCCCCCC(CCCCCCCC)CCOC(=O)Cc1ccccc1. The summed E-state index contributed by atoms with van der Waals surface area (Å²) in [4.78, 5) is 12.1. The lowest BCUT2D eigenvalue weighted by atomic mass is 9.91. The molecular weight excluding hydrogens is 380 g/mol. The highest BCUT2D eigenvalue weighted by Crippen LogP contribution is 2.22. The zero-order valence-electron chi connectivity index (χ0n) is 20.7. The average Bonchev–Trinajstić information content (AvgIpc) is 2.78. The van der Waals surface area contributed by atoms with E-state index in [9.17, 15) is 4.79 Å². The molecule has 31 heavy (non-hydrogen) atoms. The number of ether oxygens (including phenoxy) is 1. The van der Waals surface area contributed by atoms with Gasteiger partial charge in [-0.05, 0) is 17.9 Å². The fraction of sp³-hybridized carbons (Fsp3) is 0.759. The first-order chi connectivity index (χ1) is 15.3. The Labute approximate surface area is 193 Å². The van der Waals surface area contributed by atoms with Gasteiger partial charge in [-0.25, -0.2) is 0 Å². The highest BCUT2D eigenvalue weighted by molar-refractivity contribution is 5.72. The van der Waals surface area contributed by atoms with Crippen LogP contribution in [0, 0.1) is 5.92 Å². The summed E-state index contributed by atoms with van der Waals surface area (Å²) in [6, 6.07) is 9.91. The first-order valence-electron chi connectivity index (χ1n) is 13.5. The maximum atomic E-state index is 12.1. The molecule has 0 aliphatic heterocycles. The largest absolute Gasteiger partial charge is 0.465 e. The Kier molecular flexibility index (Phi) is 18.4. The van der Waals surface area contributed by atoms with E-state index in [2.05, 4.69) is 13.8 Å². The average molecular weight is 431 g/mol. The molecule has 178 valence electrons. The highest BCUT2D eigenvalue weighted by atomic mass is 16.5. The quantitative estimate of drug-likeness (QED) is 0.144. The van der Waals surface area contributed by atoms with E-state index in [-0.39, 0.29) is 5.97 Å². The van der Waals surface area contributed by atoms with Crippen LogP contribution in [0.3, 0.4) is 0 Å². The van der Waals surface area contributed by atoms with Gasteiger partial charge in [0.2, 0.25) is 0 Å². The molecule has 0 N–H and O–H groups in total. The summed E-state index contributed by atoms with van der Waals surface area (Å²) >= 11 is 0. The molecule has 0 fully saturated rings. The van der Waals surface area contributed by atoms with E-state index in [0.717, 1.165) is 17.9 Å². The van der Waals surface area contributed by atoms with E-state index in [0.29, 0.717) is 13.0 Å². The van der Waals surface area contributed by atoms with Crippen LogP contribution in [0.25, 0.3) is 0 Å². The number of carbonyl (C=O) groups excluding carboxylic acids is 1. The van der Waals surface area contributed by atoms with E-state index in [1.807, 2.05) is 30.3 Å². The lowest BCUT2D eigenvalue weighted by molar-refractivity contribution is -0.143. The second kappa shape index (κ2) is 20.6. The number of esters is 1. The van der Waals surface area contributed by atoms with Gasteiger partial charge in [-0.15, -0.1) is 0 Å². The number of benzene rings is 1. The van der Waals surface area contributed by atoms with Crippen molar-refractivity contribution in [2.45, 2.75) is 129 Å². The van der Waals surface area contributed by atoms with Gasteiger partial charge in [0.1, 0.15) is 0 Å². The molecule has 0 aliphatic rings. The minimum Gasteiger partial charge on any atom is -0.465 e.